The molecule has 0 fully saturated rings. The first-order valence-electron chi connectivity index (χ1n) is 4.97. The van der Waals surface area contributed by atoms with Gasteiger partial charge < -0.3 is 10.6 Å². The normalized spacial score (nSPS) is 10.0. The molecule has 2 amide bonds. The van der Waals surface area contributed by atoms with Crippen molar-refractivity contribution in [3.05, 3.63) is 41.7 Å². The fourth-order valence-electron chi connectivity index (χ4n) is 1.31. The average molecular weight is 251 g/mol. The van der Waals surface area contributed by atoms with E-state index in [0.29, 0.717) is 16.5 Å². The van der Waals surface area contributed by atoms with Gasteiger partial charge in [-0.15, -0.1) is 0 Å². The molecule has 88 valence electrons. The Morgan fingerprint density at radius 3 is 2.59 bits per heavy atom. The second-order valence-electron chi connectivity index (χ2n) is 3.42. The summed E-state index contributed by atoms with van der Waals surface area (Å²) in [7, 11) is 1.70. The first kappa shape index (κ1) is 11.5. The van der Waals surface area contributed by atoms with E-state index in [4.69, 9.17) is 11.6 Å². The number of aromatic nitrogens is 2. The van der Waals surface area contributed by atoms with Gasteiger partial charge in [0.15, 0.2) is 0 Å². The van der Waals surface area contributed by atoms with E-state index in [9.17, 15) is 4.79 Å². The van der Waals surface area contributed by atoms with Gasteiger partial charge in [-0.05, 0) is 12.1 Å². The Hall–Kier alpha value is -2.01. The van der Waals surface area contributed by atoms with Crippen LogP contribution in [0.15, 0.2) is 36.5 Å². The van der Waals surface area contributed by atoms with E-state index in [2.05, 4.69) is 15.7 Å². The number of hydrogen-bond acceptors (Lipinski definition) is 2. The van der Waals surface area contributed by atoms with Gasteiger partial charge in [0.2, 0.25) is 0 Å². The van der Waals surface area contributed by atoms with Gasteiger partial charge in [-0.3, -0.25) is 4.68 Å². The van der Waals surface area contributed by atoms with Gasteiger partial charge in [0, 0.05) is 12.7 Å². The first-order chi connectivity index (χ1) is 8.16. The van der Waals surface area contributed by atoms with E-state index in [-0.39, 0.29) is 6.03 Å². The fourth-order valence-corrected chi connectivity index (χ4v) is 1.45. The van der Waals surface area contributed by atoms with Crippen LogP contribution in [0.25, 0.3) is 0 Å². The van der Waals surface area contributed by atoms with Crippen LogP contribution in [0.5, 0.6) is 0 Å². The van der Waals surface area contributed by atoms with Crippen LogP contribution in [-0.2, 0) is 7.05 Å². The van der Waals surface area contributed by atoms with Gasteiger partial charge in [0.1, 0.15) is 5.15 Å². The largest absolute Gasteiger partial charge is 0.323 e. The predicted octanol–water partition coefficient (Wildman–Crippen LogP) is 2.72. The lowest BCUT2D eigenvalue weighted by Gasteiger charge is -2.05. The second kappa shape index (κ2) is 4.88. The van der Waals surface area contributed by atoms with Crippen LogP contribution in [0, 0.1) is 0 Å². The summed E-state index contributed by atoms with van der Waals surface area (Å²) in [6, 6.07) is 8.79. The molecule has 0 spiro atoms. The number of nitrogens with one attached hydrogen (secondary N) is 2. The highest BCUT2D eigenvalue weighted by molar-refractivity contribution is 6.32. The van der Waals surface area contributed by atoms with Crippen LogP contribution < -0.4 is 10.6 Å². The Balaban J connectivity index is 2.01. The highest BCUT2D eigenvalue weighted by Gasteiger charge is 2.09. The van der Waals surface area contributed by atoms with Crippen molar-refractivity contribution < 1.29 is 4.79 Å². The number of nitrogens with zero attached hydrogens (tertiary/aromatic N) is 2. The van der Waals surface area contributed by atoms with Gasteiger partial charge in [-0.25, -0.2) is 4.79 Å². The monoisotopic (exact) mass is 250 g/mol. The minimum Gasteiger partial charge on any atom is -0.308 e. The first-order valence-corrected chi connectivity index (χ1v) is 5.35. The van der Waals surface area contributed by atoms with Crippen LogP contribution in [-0.4, -0.2) is 15.8 Å². The lowest BCUT2D eigenvalue weighted by Crippen LogP contribution is -2.19. The van der Waals surface area contributed by atoms with Crippen LogP contribution in [0.1, 0.15) is 0 Å². The average Bonchev–Trinajstić information content (AvgIpc) is 2.62. The minimum absolute atomic E-state index is 0.355. The molecule has 0 unspecified atom stereocenters. The third-order valence-corrected chi connectivity index (χ3v) is 2.59. The van der Waals surface area contributed by atoms with Gasteiger partial charge >= 0.3 is 6.03 Å². The molecular weight excluding hydrogens is 240 g/mol. The number of halogens is 1. The molecular formula is C11H11ClN4O. The van der Waals surface area contributed by atoms with Crippen molar-refractivity contribution in [2.75, 3.05) is 10.6 Å². The number of carbonyl (C=O) groups excluding carboxylic acids is 1. The summed E-state index contributed by atoms with van der Waals surface area (Å²) in [5.74, 6) is 0. The summed E-state index contributed by atoms with van der Waals surface area (Å²) in [5.41, 5.74) is 1.19. The lowest BCUT2D eigenvalue weighted by molar-refractivity contribution is 0.262. The predicted molar refractivity (Wildman–Crippen MR) is 67.3 cm³/mol. The number of anilines is 2. The van der Waals surface area contributed by atoms with Crippen molar-refractivity contribution >= 4 is 29.0 Å². The van der Waals surface area contributed by atoms with Gasteiger partial charge in [-0.2, -0.15) is 5.10 Å². The zero-order valence-corrected chi connectivity index (χ0v) is 9.90. The topological polar surface area (TPSA) is 59.0 Å². The Morgan fingerprint density at radius 2 is 2.00 bits per heavy atom. The van der Waals surface area contributed by atoms with Gasteiger partial charge in [0.05, 0.1) is 11.9 Å². The van der Waals surface area contributed by atoms with Crippen molar-refractivity contribution in [1.29, 1.82) is 0 Å². The highest BCUT2D eigenvalue weighted by atomic mass is 35.5. The van der Waals surface area contributed by atoms with E-state index >= 15 is 0 Å². The molecule has 2 rings (SSSR count). The summed E-state index contributed by atoms with van der Waals surface area (Å²) < 4.78 is 1.47. The Morgan fingerprint density at radius 1 is 1.29 bits per heavy atom. The molecule has 1 aromatic heterocycles. The number of benzene rings is 1. The molecule has 1 aromatic carbocycles. The number of aryl methyl sites for hydroxylation is 1. The van der Waals surface area contributed by atoms with E-state index < -0.39 is 0 Å². The van der Waals surface area contributed by atoms with Crippen molar-refractivity contribution in [2.45, 2.75) is 0 Å². The summed E-state index contributed by atoms with van der Waals surface area (Å²) in [6.07, 6.45) is 1.49. The van der Waals surface area contributed by atoms with Crippen LogP contribution in [0.4, 0.5) is 16.2 Å². The smallest absolute Gasteiger partial charge is 0.308 e. The Labute approximate surface area is 103 Å². The molecule has 2 N–H and O–H groups in total. The third-order valence-electron chi connectivity index (χ3n) is 2.15. The number of carbonyl (C=O) groups is 1. The molecule has 0 saturated heterocycles. The molecule has 0 saturated carbocycles. The molecule has 0 bridgehead atoms. The molecule has 1 heterocycles. The number of para-hydroxylation sites is 1. The third kappa shape index (κ3) is 2.76. The molecule has 0 aliphatic carbocycles. The van der Waals surface area contributed by atoms with E-state index in [1.807, 2.05) is 18.2 Å². The zero-order chi connectivity index (χ0) is 12.3. The molecule has 17 heavy (non-hydrogen) atoms. The maximum atomic E-state index is 11.6. The number of hydrogen-bond donors (Lipinski definition) is 2. The number of urea groups is 1. The number of amides is 2. The van der Waals surface area contributed by atoms with Crippen LogP contribution in [0.2, 0.25) is 5.15 Å². The summed E-state index contributed by atoms with van der Waals surface area (Å²) in [5, 5.41) is 9.60. The summed E-state index contributed by atoms with van der Waals surface area (Å²) >= 11 is 5.91. The Bertz CT molecular complexity index is 524. The summed E-state index contributed by atoms with van der Waals surface area (Å²) in [4.78, 5) is 11.6. The summed E-state index contributed by atoms with van der Waals surface area (Å²) in [6.45, 7) is 0. The molecule has 5 nitrogen and oxygen atoms in total. The standard InChI is InChI=1S/C11H11ClN4O/c1-16-10(12)9(7-13-16)15-11(17)14-8-5-3-2-4-6-8/h2-7H,1H3,(H2,14,15,17). The highest BCUT2D eigenvalue weighted by Crippen LogP contribution is 2.19. The van der Waals surface area contributed by atoms with E-state index in [1.165, 1.54) is 10.9 Å². The van der Waals surface area contributed by atoms with Gasteiger partial charge in [-0.1, -0.05) is 29.8 Å². The zero-order valence-electron chi connectivity index (χ0n) is 9.14. The number of rotatable bonds is 2. The fraction of sp³-hybridized carbons (Fsp3) is 0.0909. The maximum absolute atomic E-state index is 11.6. The lowest BCUT2D eigenvalue weighted by atomic mass is 10.3. The van der Waals surface area contributed by atoms with Crippen molar-refractivity contribution in [2.24, 2.45) is 7.05 Å². The van der Waals surface area contributed by atoms with Crippen LogP contribution in [0.3, 0.4) is 0 Å². The molecule has 0 radical (unpaired) electrons. The molecule has 0 aliphatic rings. The van der Waals surface area contributed by atoms with Crippen molar-refractivity contribution in [3.8, 4) is 0 Å². The molecule has 0 aliphatic heterocycles. The maximum Gasteiger partial charge on any atom is 0.323 e. The van der Waals surface area contributed by atoms with Crippen molar-refractivity contribution in [1.82, 2.24) is 9.78 Å². The molecule has 6 heteroatoms. The quantitative estimate of drug-likeness (QED) is 0.861. The molecule has 0 atom stereocenters. The van der Waals surface area contributed by atoms with Crippen LogP contribution >= 0.6 is 11.6 Å². The Kier molecular flexibility index (Phi) is 3.30. The van der Waals surface area contributed by atoms with E-state index in [1.54, 1.807) is 19.2 Å². The molecule has 2 aromatic rings. The van der Waals surface area contributed by atoms with Gasteiger partial charge in [0.25, 0.3) is 0 Å². The van der Waals surface area contributed by atoms with E-state index in [0.717, 1.165) is 0 Å². The van der Waals surface area contributed by atoms with Crippen molar-refractivity contribution in [3.63, 3.8) is 0 Å². The minimum atomic E-state index is -0.355. The SMILES string of the molecule is Cn1ncc(NC(=O)Nc2ccccc2)c1Cl. The second-order valence-corrected chi connectivity index (χ2v) is 3.78.